The maximum Gasteiger partial charge on any atom is 0.258 e. The Morgan fingerprint density at radius 2 is 1.96 bits per heavy atom. The molecule has 0 spiro atoms. The molecule has 1 aliphatic rings. The maximum absolute atomic E-state index is 12.5. The lowest BCUT2D eigenvalue weighted by molar-refractivity contribution is 0.0941. The number of rotatable bonds is 8. The molecule has 1 amide bonds. The van der Waals surface area contributed by atoms with Gasteiger partial charge in [0.15, 0.2) is 0 Å². The number of ether oxygens (including phenoxy) is 2. The van der Waals surface area contributed by atoms with E-state index in [1.54, 1.807) is 26.4 Å². The van der Waals surface area contributed by atoms with Gasteiger partial charge in [-0.2, -0.15) is 0 Å². The molecule has 1 N–H and O–H groups in total. The largest absolute Gasteiger partial charge is 0.496 e. The maximum atomic E-state index is 12.5. The van der Waals surface area contributed by atoms with Crippen molar-refractivity contribution in [2.75, 3.05) is 33.9 Å². The summed E-state index contributed by atoms with van der Waals surface area (Å²) in [5.74, 6) is 0.929. The lowest BCUT2D eigenvalue weighted by Gasteiger charge is -2.35. The highest BCUT2D eigenvalue weighted by Crippen LogP contribution is 2.28. The SMILES string of the molecule is CCC1CCCCN1CCCNC(=O)c1c(OC)cccc1OC. The fourth-order valence-corrected chi connectivity index (χ4v) is 3.46. The van der Waals surface area contributed by atoms with Gasteiger partial charge in [-0.3, -0.25) is 4.79 Å². The van der Waals surface area contributed by atoms with Gasteiger partial charge in [-0.15, -0.1) is 0 Å². The quantitative estimate of drug-likeness (QED) is 0.742. The molecule has 1 saturated heterocycles. The van der Waals surface area contributed by atoms with E-state index in [2.05, 4.69) is 17.1 Å². The molecule has 1 aliphatic heterocycles. The highest BCUT2D eigenvalue weighted by atomic mass is 16.5. The van der Waals surface area contributed by atoms with Crippen molar-refractivity contribution >= 4 is 5.91 Å². The molecule has 1 fully saturated rings. The van der Waals surface area contributed by atoms with Gasteiger partial charge in [0.05, 0.1) is 14.2 Å². The van der Waals surface area contributed by atoms with Crippen molar-refractivity contribution in [2.24, 2.45) is 0 Å². The second-order valence-corrected chi connectivity index (χ2v) is 6.24. The van der Waals surface area contributed by atoms with Gasteiger partial charge in [0, 0.05) is 19.1 Å². The van der Waals surface area contributed by atoms with Crippen LogP contribution in [0, 0.1) is 0 Å². The van der Waals surface area contributed by atoms with Crippen molar-refractivity contribution in [1.82, 2.24) is 10.2 Å². The summed E-state index contributed by atoms with van der Waals surface area (Å²) >= 11 is 0. The number of nitrogens with one attached hydrogen (secondary N) is 1. The van der Waals surface area contributed by atoms with Crippen LogP contribution in [0.5, 0.6) is 11.5 Å². The third-order valence-corrected chi connectivity index (χ3v) is 4.78. The zero-order chi connectivity index (χ0) is 17.4. The molecule has 1 atom stereocenters. The van der Waals surface area contributed by atoms with E-state index in [9.17, 15) is 4.79 Å². The van der Waals surface area contributed by atoms with Crippen LogP contribution in [0.4, 0.5) is 0 Å². The van der Waals surface area contributed by atoms with Crippen LogP contribution < -0.4 is 14.8 Å². The summed E-state index contributed by atoms with van der Waals surface area (Å²) in [4.78, 5) is 15.1. The van der Waals surface area contributed by atoms with Crippen LogP contribution in [-0.2, 0) is 0 Å². The van der Waals surface area contributed by atoms with Crippen molar-refractivity contribution in [1.29, 1.82) is 0 Å². The summed E-state index contributed by atoms with van der Waals surface area (Å²) in [6.07, 6.45) is 6.12. The Morgan fingerprint density at radius 3 is 2.58 bits per heavy atom. The van der Waals surface area contributed by atoms with Crippen molar-refractivity contribution < 1.29 is 14.3 Å². The van der Waals surface area contributed by atoms with Gasteiger partial charge in [0.25, 0.3) is 5.91 Å². The number of carbonyl (C=O) groups excluding carboxylic acids is 1. The molecular weight excluding hydrogens is 304 g/mol. The second kappa shape index (κ2) is 9.52. The fourth-order valence-electron chi connectivity index (χ4n) is 3.46. The zero-order valence-electron chi connectivity index (χ0n) is 15.1. The van der Waals surface area contributed by atoms with Crippen molar-refractivity contribution in [3.05, 3.63) is 23.8 Å². The average molecular weight is 334 g/mol. The Kier molecular flexibility index (Phi) is 7.37. The van der Waals surface area contributed by atoms with Crippen molar-refractivity contribution in [2.45, 2.75) is 45.1 Å². The van der Waals surface area contributed by atoms with E-state index < -0.39 is 0 Å². The summed E-state index contributed by atoms with van der Waals surface area (Å²) in [7, 11) is 3.12. The van der Waals surface area contributed by atoms with Crippen LogP contribution >= 0.6 is 0 Å². The number of likely N-dealkylation sites (tertiary alicyclic amines) is 1. The summed E-state index contributed by atoms with van der Waals surface area (Å²) < 4.78 is 10.6. The molecule has 0 radical (unpaired) electrons. The van der Waals surface area contributed by atoms with Gasteiger partial charge in [0.2, 0.25) is 0 Å². The smallest absolute Gasteiger partial charge is 0.258 e. The minimum absolute atomic E-state index is 0.144. The first-order valence-electron chi connectivity index (χ1n) is 8.94. The first kappa shape index (κ1) is 18.6. The number of methoxy groups -OCH3 is 2. The van der Waals surface area contributed by atoms with Crippen LogP contribution in [0.1, 0.15) is 49.4 Å². The summed E-state index contributed by atoms with van der Waals surface area (Å²) in [5, 5.41) is 3.00. The molecule has 1 unspecified atom stereocenters. The number of carbonyl (C=O) groups is 1. The van der Waals surface area contributed by atoms with E-state index in [0.29, 0.717) is 29.6 Å². The molecule has 134 valence electrons. The molecule has 0 bridgehead atoms. The number of hydrogen-bond acceptors (Lipinski definition) is 4. The molecule has 0 aliphatic carbocycles. The Hall–Kier alpha value is -1.75. The molecule has 0 aromatic heterocycles. The van der Waals surface area contributed by atoms with Crippen LogP contribution in [0.2, 0.25) is 0 Å². The number of amides is 1. The summed E-state index contributed by atoms with van der Waals surface area (Å²) in [6.45, 7) is 5.15. The minimum atomic E-state index is -0.144. The molecule has 2 rings (SSSR count). The molecule has 24 heavy (non-hydrogen) atoms. The number of hydrogen-bond donors (Lipinski definition) is 1. The monoisotopic (exact) mass is 334 g/mol. The Bertz CT molecular complexity index is 511. The Morgan fingerprint density at radius 1 is 1.25 bits per heavy atom. The summed E-state index contributed by atoms with van der Waals surface area (Å²) in [6, 6.07) is 6.08. The fraction of sp³-hybridized carbons (Fsp3) is 0.632. The lowest BCUT2D eigenvalue weighted by atomic mass is 10.00. The van der Waals surface area contributed by atoms with Gasteiger partial charge in [-0.1, -0.05) is 19.4 Å². The highest BCUT2D eigenvalue weighted by Gasteiger charge is 2.21. The summed E-state index contributed by atoms with van der Waals surface area (Å²) in [5.41, 5.74) is 0.465. The van der Waals surface area contributed by atoms with Crippen LogP contribution in [-0.4, -0.2) is 50.7 Å². The minimum Gasteiger partial charge on any atom is -0.496 e. The third kappa shape index (κ3) is 4.63. The van der Waals surface area contributed by atoms with Gasteiger partial charge in [0.1, 0.15) is 17.1 Å². The van der Waals surface area contributed by atoms with E-state index in [1.165, 1.54) is 32.2 Å². The highest BCUT2D eigenvalue weighted by molar-refractivity contribution is 5.99. The topological polar surface area (TPSA) is 50.8 Å². The van der Waals surface area contributed by atoms with E-state index in [1.807, 2.05) is 6.07 Å². The Labute approximate surface area is 145 Å². The first-order valence-corrected chi connectivity index (χ1v) is 8.94. The lowest BCUT2D eigenvalue weighted by Crippen LogP contribution is -2.40. The average Bonchev–Trinajstić information content (AvgIpc) is 2.64. The van der Waals surface area contributed by atoms with Crippen LogP contribution in [0.15, 0.2) is 18.2 Å². The van der Waals surface area contributed by atoms with Gasteiger partial charge in [-0.25, -0.2) is 0 Å². The molecule has 5 heteroatoms. The molecule has 5 nitrogen and oxygen atoms in total. The normalized spacial score (nSPS) is 18.2. The van der Waals surface area contributed by atoms with Gasteiger partial charge in [-0.05, 0) is 44.4 Å². The van der Waals surface area contributed by atoms with E-state index in [4.69, 9.17) is 9.47 Å². The van der Waals surface area contributed by atoms with Gasteiger partial charge < -0.3 is 19.7 Å². The van der Waals surface area contributed by atoms with Crippen molar-refractivity contribution in [3.63, 3.8) is 0 Å². The first-order chi connectivity index (χ1) is 11.7. The van der Waals surface area contributed by atoms with E-state index in [-0.39, 0.29) is 5.91 Å². The third-order valence-electron chi connectivity index (χ3n) is 4.78. The zero-order valence-corrected chi connectivity index (χ0v) is 15.1. The van der Waals surface area contributed by atoms with Crippen LogP contribution in [0.25, 0.3) is 0 Å². The number of piperidine rings is 1. The predicted octanol–water partition coefficient (Wildman–Crippen LogP) is 3.09. The molecular formula is C19H30N2O3. The molecule has 1 aromatic carbocycles. The van der Waals surface area contributed by atoms with Gasteiger partial charge >= 0.3 is 0 Å². The molecule has 0 saturated carbocycles. The second-order valence-electron chi connectivity index (χ2n) is 6.24. The van der Waals surface area contributed by atoms with E-state index >= 15 is 0 Å². The van der Waals surface area contributed by atoms with Crippen LogP contribution in [0.3, 0.4) is 0 Å². The molecule has 1 aromatic rings. The number of nitrogens with zero attached hydrogens (tertiary/aromatic N) is 1. The van der Waals surface area contributed by atoms with E-state index in [0.717, 1.165) is 13.0 Å². The predicted molar refractivity (Wildman–Crippen MR) is 96.0 cm³/mol. The standard InChI is InChI=1S/C19H30N2O3/c1-4-15-9-5-6-13-21(15)14-8-12-20-19(22)18-16(23-2)10-7-11-17(18)24-3/h7,10-11,15H,4-6,8-9,12-14H2,1-3H3,(H,20,22). The molecule has 1 heterocycles. The number of benzene rings is 1. The Balaban J connectivity index is 1.85. The van der Waals surface area contributed by atoms with Crippen molar-refractivity contribution in [3.8, 4) is 11.5 Å².